The molecule has 3 aromatic rings. The number of hydrogen-bond donors (Lipinski definition) is 1. The molecule has 0 bridgehead atoms. The van der Waals surface area contributed by atoms with Gasteiger partial charge in [0.15, 0.2) is 0 Å². The molecule has 3 nitrogen and oxygen atoms in total. The van der Waals surface area contributed by atoms with Crippen LogP contribution in [-0.4, -0.2) is 17.4 Å². The van der Waals surface area contributed by atoms with Gasteiger partial charge >= 0.3 is 0 Å². The molecule has 1 amide bonds. The Kier molecular flexibility index (Phi) is 5.51. The lowest BCUT2D eigenvalue weighted by Gasteiger charge is -2.05. The number of carbonyl (C=O) groups is 1. The van der Waals surface area contributed by atoms with Gasteiger partial charge in [-0.2, -0.15) is 0 Å². The van der Waals surface area contributed by atoms with Crippen molar-refractivity contribution in [3.8, 4) is 10.6 Å². The second kappa shape index (κ2) is 7.81. The summed E-state index contributed by atoms with van der Waals surface area (Å²) in [6.45, 7) is 4.66. The number of rotatable bonds is 5. The molecule has 0 saturated heterocycles. The van der Waals surface area contributed by atoms with Crippen molar-refractivity contribution in [2.24, 2.45) is 0 Å². The Balaban J connectivity index is 1.62. The van der Waals surface area contributed by atoms with Crippen LogP contribution in [0, 0.1) is 13.8 Å². The van der Waals surface area contributed by atoms with Gasteiger partial charge in [-0.05, 0) is 32.0 Å². The zero-order valence-electron chi connectivity index (χ0n) is 14.2. The summed E-state index contributed by atoms with van der Waals surface area (Å²) >= 11 is 7.61. The van der Waals surface area contributed by atoms with Crippen molar-refractivity contribution in [1.29, 1.82) is 0 Å². The van der Waals surface area contributed by atoms with Crippen LogP contribution in [0.4, 0.5) is 0 Å². The summed E-state index contributed by atoms with van der Waals surface area (Å²) in [6.07, 6.45) is 0.766. The molecule has 0 aliphatic carbocycles. The van der Waals surface area contributed by atoms with Crippen LogP contribution in [-0.2, 0) is 6.42 Å². The van der Waals surface area contributed by atoms with Crippen LogP contribution in [0.25, 0.3) is 10.6 Å². The molecule has 0 radical (unpaired) electrons. The molecule has 0 spiro atoms. The molecule has 0 saturated carbocycles. The molecule has 25 heavy (non-hydrogen) atoms. The molecule has 1 aromatic heterocycles. The van der Waals surface area contributed by atoms with E-state index >= 15 is 0 Å². The first-order valence-electron chi connectivity index (χ1n) is 8.10. The molecule has 5 heteroatoms. The first kappa shape index (κ1) is 17.6. The van der Waals surface area contributed by atoms with Gasteiger partial charge in [0.05, 0.1) is 5.69 Å². The van der Waals surface area contributed by atoms with Crippen molar-refractivity contribution in [2.75, 3.05) is 6.54 Å². The quantitative estimate of drug-likeness (QED) is 0.682. The average molecular weight is 371 g/mol. The minimum absolute atomic E-state index is 0.108. The van der Waals surface area contributed by atoms with Crippen molar-refractivity contribution in [3.63, 3.8) is 0 Å². The molecule has 0 atom stereocenters. The van der Waals surface area contributed by atoms with Crippen molar-refractivity contribution in [3.05, 3.63) is 75.3 Å². The summed E-state index contributed by atoms with van der Waals surface area (Å²) < 4.78 is 0. The molecule has 1 heterocycles. The van der Waals surface area contributed by atoms with E-state index in [9.17, 15) is 4.79 Å². The minimum Gasteiger partial charge on any atom is -0.352 e. The second-order valence-electron chi connectivity index (χ2n) is 5.91. The second-order valence-corrected chi connectivity index (χ2v) is 7.43. The molecule has 2 aromatic carbocycles. The standard InChI is InChI=1S/C20H19ClN2OS/c1-13-6-8-15(9-7-13)20-23-14(2)18(25-20)10-11-22-19(24)16-4-3-5-17(21)12-16/h3-9,12H,10-11H2,1-2H3,(H,22,24). The molecule has 3 rings (SSSR count). The highest BCUT2D eigenvalue weighted by molar-refractivity contribution is 7.15. The number of carbonyl (C=O) groups excluding carboxylic acids is 1. The highest BCUT2D eigenvalue weighted by Gasteiger charge is 2.10. The lowest BCUT2D eigenvalue weighted by atomic mass is 10.2. The first-order chi connectivity index (χ1) is 12.0. The summed E-state index contributed by atoms with van der Waals surface area (Å²) in [5.41, 5.74) is 3.97. The van der Waals surface area contributed by atoms with Crippen LogP contribution in [0.3, 0.4) is 0 Å². The number of aromatic nitrogens is 1. The molecule has 0 aliphatic heterocycles. The predicted molar refractivity (Wildman–Crippen MR) is 105 cm³/mol. The first-order valence-corrected chi connectivity index (χ1v) is 9.29. The van der Waals surface area contributed by atoms with Gasteiger partial charge in [-0.3, -0.25) is 4.79 Å². The van der Waals surface area contributed by atoms with E-state index < -0.39 is 0 Å². The lowest BCUT2D eigenvalue weighted by Crippen LogP contribution is -2.25. The Labute approximate surface area is 156 Å². The SMILES string of the molecule is Cc1ccc(-c2nc(C)c(CCNC(=O)c3cccc(Cl)c3)s2)cc1. The van der Waals surface area contributed by atoms with Crippen LogP contribution in [0.1, 0.15) is 26.5 Å². The predicted octanol–water partition coefficient (Wildman–Crippen LogP) is 5.05. The Bertz CT molecular complexity index is 887. The molecular weight excluding hydrogens is 352 g/mol. The zero-order chi connectivity index (χ0) is 17.8. The smallest absolute Gasteiger partial charge is 0.251 e. The van der Waals surface area contributed by atoms with Gasteiger partial charge in [0, 0.05) is 34.0 Å². The van der Waals surface area contributed by atoms with E-state index in [1.165, 1.54) is 10.4 Å². The maximum atomic E-state index is 12.1. The third kappa shape index (κ3) is 4.47. The fourth-order valence-electron chi connectivity index (χ4n) is 2.50. The van der Waals surface area contributed by atoms with Crippen LogP contribution < -0.4 is 5.32 Å². The Morgan fingerprint density at radius 3 is 2.64 bits per heavy atom. The number of nitrogens with one attached hydrogen (secondary N) is 1. The summed E-state index contributed by atoms with van der Waals surface area (Å²) in [5, 5.41) is 4.53. The van der Waals surface area contributed by atoms with E-state index in [0.717, 1.165) is 22.7 Å². The van der Waals surface area contributed by atoms with Crippen molar-refractivity contribution >= 4 is 28.8 Å². The van der Waals surface area contributed by atoms with Crippen molar-refractivity contribution < 1.29 is 4.79 Å². The maximum absolute atomic E-state index is 12.1. The number of thiazole rings is 1. The van der Waals surface area contributed by atoms with Gasteiger partial charge in [0.2, 0.25) is 0 Å². The van der Waals surface area contributed by atoms with Crippen LogP contribution in [0.5, 0.6) is 0 Å². The van der Waals surface area contributed by atoms with E-state index in [0.29, 0.717) is 17.1 Å². The third-order valence-corrected chi connectivity index (χ3v) is 5.42. The fourth-order valence-corrected chi connectivity index (χ4v) is 3.76. The van der Waals surface area contributed by atoms with Crippen molar-refractivity contribution in [1.82, 2.24) is 10.3 Å². The number of nitrogens with zero attached hydrogens (tertiary/aromatic N) is 1. The topological polar surface area (TPSA) is 42.0 Å². The largest absolute Gasteiger partial charge is 0.352 e. The minimum atomic E-state index is -0.108. The summed E-state index contributed by atoms with van der Waals surface area (Å²) in [4.78, 5) is 18.0. The van der Waals surface area contributed by atoms with Gasteiger partial charge in [0.1, 0.15) is 5.01 Å². The highest BCUT2D eigenvalue weighted by atomic mass is 35.5. The zero-order valence-corrected chi connectivity index (χ0v) is 15.7. The summed E-state index contributed by atoms with van der Waals surface area (Å²) in [5.74, 6) is -0.108. The van der Waals surface area contributed by atoms with Gasteiger partial charge in [0.25, 0.3) is 5.91 Å². The number of hydrogen-bond acceptors (Lipinski definition) is 3. The molecule has 128 valence electrons. The van der Waals surface area contributed by atoms with Crippen LogP contribution in [0.15, 0.2) is 48.5 Å². The van der Waals surface area contributed by atoms with Gasteiger partial charge in [-0.1, -0.05) is 47.5 Å². The van der Waals surface area contributed by atoms with Crippen molar-refractivity contribution in [2.45, 2.75) is 20.3 Å². The van der Waals surface area contributed by atoms with Crippen LogP contribution in [0.2, 0.25) is 5.02 Å². The Morgan fingerprint density at radius 2 is 1.92 bits per heavy atom. The maximum Gasteiger partial charge on any atom is 0.251 e. The summed E-state index contributed by atoms with van der Waals surface area (Å²) in [7, 11) is 0. The molecule has 0 fully saturated rings. The highest BCUT2D eigenvalue weighted by Crippen LogP contribution is 2.28. The van der Waals surface area contributed by atoms with E-state index in [1.54, 1.807) is 35.6 Å². The lowest BCUT2D eigenvalue weighted by molar-refractivity contribution is 0.0954. The van der Waals surface area contributed by atoms with Gasteiger partial charge < -0.3 is 5.32 Å². The third-order valence-electron chi connectivity index (χ3n) is 3.92. The molecule has 0 unspecified atom stereocenters. The fraction of sp³-hybridized carbons (Fsp3) is 0.200. The van der Waals surface area contributed by atoms with Crippen LogP contribution >= 0.6 is 22.9 Å². The molecule has 0 aliphatic rings. The van der Waals surface area contributed by atoms with E-state index in [1.807, 2.05) is 6.92 Å². The van der Waals surface area contributed by atoms with E-state index in [-0.39, 0.29) is 5.91 Å². The number of amides is 1. The molecular formula is C20H19ClN2OS. The number of benzene rings is 2. The van der Waals surface area contributed by atoms with E-state index in [4.69, 9.17) is 11.6 Å². The Morgan fingerprint density at radius 1 is 1.16 bits per heavy atom. The Hall–Kier alpha value is -2.17. The summed E-state index contributed by atoms with van der Waals surface area (Å²) in [6, 6.07) is 15.3. The normalized spacial score (nSPS) is 10.7. The number of halogens is 1. The average Bonchev–Trinajstić information content (AvgIpc) is 2.96. The number of aryl methyl sites for hydroxylation is 2. The van der Waals surface area contributed by atoms with E-state index in [2.05, 4.69) is 41.5 Å². The van der Waals surface area contributed by atoms with Gasteiger partial charge in [-0.15, -0.1) is 11.3 Å². The van der Waals surface area contributed by atoms with Gasteiger partial charge in [-0.25, -0.2) is 4.98 Å². The monoisotopic (exact) mass is 370 g/mol. The molecule has 1 N–H and O–H groups in total.